The standard InChI is InChI=1S/C18H22N4O2/c1-13-10-16(21(2)20-13)19-18(24)15-11-17(23)22(12-15)9-8-14-6-4-3-5-7-14/h3-7,10,15H,8-9,11-12H2,1-2H3,(H,19,24). The van der Waals surface area contributed by atoms with Gasteiger partial charge in [-0.3, -0.25) is 14.3 Å². The molecule has 1 N–H and O–H groups in total. The van der Waals surface area contributed by atoms with Gasteiger partial charge in [0.05, 0.1) is 11.6 Å². The van der Waals surface area contributed by atoms with E-state index in [4.69, 9.17) is 0 Å². The molecular weight excluding hydrogens is 304 g/mol. The number of rotatable bonds is 5. The fourth-order valence-electron chi connectivity index (χ4n) is 3.03. The van der Waals surface area contributed by atoms with Gasteiger partial charge in [-0.15, -0.1) is 0 Å². The van der Waals surface area contributed by atoms with Crippen LogP contribution in [0.4, 0.5) is 5.82 Å². The molecule has 0 spiro atoms. The maximum Gasteiger partial charge on any atom is 0.230 e. The smallest absolute Gasteiger partial charge is 0.230 e. The topological polar surface area (TPSA) is 67.2 Å². The van der Waals surface area contributed by atoms with Crippen LogP contribution >= 0.6 is 0 Å². The number of hydrogen-bond acceptors (Lipinski definition) is 3. The largest absolute Gasteiger partial charge is 0.342 e. The van der Waals surface area contributed by atoms with Gasteiger partial charge in [0.25, 0.3) is 0 Å². The van der Waals surface area contributed by atoms with Gasteiger partial charge in [-0.25, -0.2) is 0 Å². The third-order valence-corrected chi connectivity index (χ3v) is 4.35. The van der Waals surface area contributed by atoms with Gasteiger partial charge >= 0.3 is 0 Å². The molecule has 6 nitrogen and oxygen atoms in total. The van der Waals surface area contributed by atoms with Crippen LogP contribution in [0.25, 0.3) is 0 Å². The first-order chi connectivity index (χ1) is 11.5. The van der Waals surface area contributed by atoms with Gasteiger partial charge in [0.15, 0.2) is 0 Å². The van der Waals surface area contributed by atoms with Gasteiger partial charge in [-0.1, -0.05) is 30.3 Å². The van der Waals surface area contributed by atoms with E-state index in [1.165, 1.54) is 5.56 Å². The van der Waals surface area contributed by atoms with Crippen molar-refractivity contribution >= 4 is 17.6 Å². The van der Waals surface area contributed by atoms with Crippen LogP contribution in [0, 0.1) is 12.8 Å². The van der Waals surface area contributed by atoms with Crippen LogP contribution in [0.3, 0.4) is 0 Å². The fourth-order valence-corrected chi connectivity index (χ4v) is 3.03. The molecule has 1 saturated heterocycles. The molecule has 0 saturated carbocycles. The normalized spacial score (nSPS) is 17.3. The van der Waals surface area contributed by atoms with E-state index in [-0.39, 0.29) is 24.2 Å². The number of nitrogens with zero attached hydrogens (tertiary/aromatic N) is 3. The number of aromatic nitrogens is 2. The zero-order valence-corrected chi connectivity index (χ0v) is 14.0. The number of carbonyl (C=O) groups excluding carboxylic acids is 2. The third-order valence-electron chi connectivity index (χ3n) is 4.35. The van der Waals surface area contributed by atoms with E-state index in [0.29, 0.717) is 18.9 Å². The predicted molar refractivity (Wildman–Crippen MR) is 91.4 cm³/mol. The SMILES string of the molecule is Cc1cc(NC(=O)C2CC(=O)N(CCc3ccccc3)C2)n(C)n1. The molecule has 1 atom stereocenters. The lowest BCUT2D eigenvalue weighted by Crippen LogP contribution is -2.30. The van der Waals surface area contributed by atoms with Gasteiger partial charge in [0.1, 0.15) is 5.82 Å². The molecule has 1 aromatic heterocycles. The van der Waals surface area contributed by atoms with Crippen molar-refractivity contribution in [1.82, 2.24) is 14.7 Å². The summed E-state index contributed by atoms with van der Waals surface area (Å²) in [7, 11) is 1.79. The Morgan fingerprint density at radius 3 is 2.75 bits per heavy atom. The average molecular weight is 326 g/mol. The molecule has 1 aliphatic rings. The molecule has 1 unspecified atom stereocenters. The highest BCUT2D eigenvalue weighted by Gasteiger charge is 2.34. The molecule has 24 heavy (non-hydrogen) atoms. The molecular formula is C18H22N4O2. The van der Waals surface area contributed by atoms with E-state index < -0.39 is 0 Å². The van der Waals surface area contributed by atoms with E-state index in [2.05, 4.69) is 22.5 Å². The second-order valence-corrected chi connectivity index (χ2v) is 6.26. The average Bonchev–Trinajstić information content (AvgIpc) is 3.08. The Balaban J connectivity index is 1.56. The van der Waals surface area contributed by atoms with E-state index in [0.717, 1.165) is 12.1 Å². The minimum atomic E-state index is -0.302. The van der Waals surface area contributed by atoms with E-state index in [1.54, 1.807) is 16.6 Å². The molecule has 1 fully saturated rings. The third kappa shape index (κ3) is 3.64. The van der Waals surface area contributed by atoms with Gasteiger partial charge < -0.3 is 10.2 Å². The highest BCUT2D eigenvalue weighted by Crippen LogP contribution is 2.20. The fraction of sp³-hybridized carbons (Fsp3) is 0.389. The Bertz CT molecular complexity index is 739. The second kappa shape index (κ2) is 6.86. The molecule has 0 aliphatic carbocycles. The van der Waals surface area contributed by atoms with E-state index >= 15 is 0 Å². The van der Waals surface area contributed by atoms with Crippen LogP contribution in [0.5, 0.6) is 0 Å². The van der Waals surface area contributed by atoms with Crippen molar-refractivity contribution in [3.8, 4) is 0 Å². The van der Waals surface area contributed by atoms with Crippen LogP contribution in [-0.4, -0.2) is 39.6 Å². The first-order valence-corrected chi connectivity index (χ1v) is 8.16. The molecule has 0 radical (unpaired) electrons. The zero-order valence-electron chi connectivity index (χ0n) is 14.0. The summed E-state index contributed by atoms with van der Waals surface area (Å²) in [5, 5.41) is 7.08. The quantitative estimate of drug-likeness (QED) is 0.910. The lowest BCUT2D eigenvalue weighted by molar-refractivity contribution is -0.128. The summed E-state index contributed by atoms with van der Waals surface area (Å²) in [5.41, 5.74) is 2.04. The lowest BCUT2D eigenvalue weighted by atomic mass is 10.1. The molecule has 2 aromatic rings. The maximum atomic E-state index is 12.4. The van der Waals surface area contributed by atoms with Crippen LogP contribution in [0.2, 0.25) is 0 Å². The number of hydrogen-bond donors (Lipinski definition) is 1. The van der Waals surface area contributed by atoms with Crippen molar-refractivity contribution in [3.63, 3.8) is 0 Å². The van der Waals surface area contributed by atoms with Crippen molar-refractivity contribution < 1.29 is 9.59 Å². The van der Waals surface area contributed by atoms with Crippen molar-refractivity contribution in [2.24, 2.45) is 13.0 Å². The summed E-state index contributed by atoms with van der Waals surface area (Å²) < 4.78 is 1.64. The molecule has 1 aromatic carbocycles. The van der Waals surface area contributed by atoms with Gasteiger partial charge in [-0.2, -0.15) is 5.10 Å². The number of benzene rings is 1. The van der Waals surface area contributed by atoms with Gasteiger partial charge in [-0.05, 0) is 18.9 Å². The summed E-state index contributed by atoms with van der Waals surface area (Å²) in [6.07, 6.45) is 1.08. The first kappa shape index (κ1) is 16.2. The van der Waals surface area contributed by atoms with Crippen LogP contribution in [0.15, 0.2) is 36.4 Å². The molecule has 6 heteroatoms. The number of nitrogens with one attached hydrogen (secondary N) is 1. The van der Waals surface area contributed by atoms with E-state index in [1.807, 2.05) is 31.2 Å². The minimum Gasteiger partial charge on any atom is -0.342 e. The van der Waals surface area contributed by atoms with E-state index in [9.17, 15) is 9.59 Å². The Labute approximate surface area is 141 Å². The Kier molecular flexibility index (Phi) is 4.64. The number of amides is 2. The zero-order chi connectivity index (χ0) is 17.1. The number of likely N-dealkylation sites (tertiary alicyclic amines) is 1. The van der Waals surface area contributed by atoms with Crippen molar-refractivity contribution in [1.29, 1.82) is 0 Å². The highest BCUT2D eigenvalue weighted by atomic mass is 16.2. The summed E-state index contributed by atoms with van der Waals surface area (Å²) in [5.74, 6) is 0.289. The van der Waals surface area contributed by atoms with Crippen molar-refractivity contribution in [2.75, 3.05) is 18.4 Å². The van der Waals surface area contributed by atoms with Crippen molar-refractivity contribution in [3.05, 3.63) is 47.7 Å². The number of anilines is 1. The number of carbonyl (C=O) groups is 2. The molecule has 1 aliphatic heterocycles. The van der Waals surface area contributed by atoms with Crippen LogP contribution in [-0.2, 0) is 23.1 Å². The van der Waals surface area contributed by atoms with Gasteiger partial charge in [0, 0.05) is 32.6 Å². The minimum absolute atomic E-state index is 0.0484. The highest BCUT2D eigenvalue weighted by molar-refractivity contribution is 5.96. The summed E-state index contributed by atoms with van der Waals surface area (Å²) >= 11 is 0. The van der Waals surface area contributed by atoms with Gasteiger partial charge in [0.2, 0.25) is 11.8 Å². The molecule has 126 valence electrons. The monoisotopic (exact) mass is 326 g/mol. The summed E-state index contributed by atoms with van der Waals surface area (Å²) in [6.45, 7) is 3.01. The second-order valence-electron chi connectivity index (χ2n) is 6.26. The first-order valence-electron chi connectivity index (χ1n) is 8.16. The molecule has 2 amide bonds. The van der Waals surface area contributed by atoms with Crippen molar-refractivity contribution in [2.45, 2.75) is 19.8 Å². The maximum absolute atomic E-state index is 12.4. The Morgan fingerprint density at radius 2 is 2.08 bits per heavy atom. The summed E-state index contributed by atoms with van der Waals surface area (Å²) in [6, 6.07) is 11.9. The Hall–Kier alpha value is -2.63. The van der Waals surface area contributed by atoms with Crippen LogP contribution in [0.1, 0.15) is 17.7 Å². The van der Waals surface area contributed by atoms with Crippen LogP contribution < -0.4 is 5.32 Å². The number of aryl methyl sites for hydroxylation is 2. The summed E-state index contributed by atoms with van der Waals surface area (Å²) in [4.78, 5) is 26.4. The Morgan fingerprint density at radius 1 is 1.33 bits per heavy atom. The molecule has 0 bridgehead atoms. The molecule has 2 heterocycles. The predicted octanol–water partition coefficient (Wildman–Crippen LogP) is 1.76. The lowest BCUT2D eigenvalue weighted by Gasteiger charge is -2.16. The molecule has 3 rings (SSSR count).